The van der Waals surface area contributed by atoms with Gasteiger partial charge in [-0.1, -0.05) is 40.7 Å². The zero-order valence-electron chi connectivity index (χ0n) is 12.6. The van der Waals surface area contributed by atoms with Gasteiger partial charge in [0.15, 0.2) is 11.5 Å². The predicted octanol–water partition coefficient (Wildman–Crippen LogP) is 3.84. The third-order valence-electron chi connectivity index (χ3n) is 3.39. The molecular weight excluding hydrogens is 236 g/mol. The fraction of sp³-hybridized carbons (Fsp3) is 0.562. The molecule has 0 fully saturated rings. The van der Waals surface area contributed by atoms with Gasteiger partial charge in [0.2, 0.25) is 0 Å². The molecule has 0 aliphatic rings. The van der Waals surface area contributed by atoms with Gasteiger partial charge >= 0.3 is 0 Å². The molecule has 1 aromatic carbocycles. The molecule has 0 aliphatic heterocycles. The summed E-state index contributed by atoms with van der Waals surface area (Å²) in [7, 11) is 0. The summed E-state index contributed by atoms with van der Waals surface area (Å²) in [5, 5.41) is 3.33. The van der Waals surface area contributed by atoms with Gasteiger partial charge in [-0.3, -0.25) is 0 Å². The first kappa shape index (κ1) is 14.1. The molecular formula is C16H24N2O. The molecule has 0 spiro atoms. The molecule has 0 radical (unpaired) electrons. The lowest BCUT2D eigenvalue weighted by Gasteiger charge is -2.18. The first-order valence-electron chi connectivity index (χ1n) is 7.03. The predicted molar refractivity (Wildman–Crippen MR) is 79.7 cm³/mol. The van der Waals surface area contributed by atoms with Crippen LogP contribution in [0.2, 0.25) is 0 Å². The molecule has 0 saturated heterocycles. The molecule has 104 valence electrons. The maximum Gasteiger partial charge on any atom is 0.199 e. The zero-order valence-corrected chi connectivity index (χ0v) is 12.6. The summed E-state index contributed by atoms with van der Waals surface area (Å²) in [5.41, 5.74) is 3.28. The first-order chi connectivity index (χ1) is 8.91. The van der Waals surface area contributed by atoms with E-state index in [2.05, 4.69) is 57.1 Å². The molecule has 0 amide bonds. The highest BCUT2D eigenvalue weighted by atomic mass is 16.3. The Bertz CT molecular complexity index is 551. The van der Waals surface area contributed by atoms with Gasteiger partial charge in [0.05, 0.1) is 0 Å². The van der Waals surface area contributed by atoms with Crippen LogP contribution >= 0.6 is 0 Å². The third-order valence-corrected chi connectivity index (χ3v) is 3.39. The summed E-state index contributed by atoms with van der Waals surface area (Å²) in [6.45, 7) is 12.7. The maximum atomic E-state index is 5.84. The van der Waals surface area contributed by atoms with Crippen LogP contribution < -0.4 is 5.32 Å². The van der Waals surface area contributed by atoms with E-state index >= 15 is 0 Å². The number of benzene rings is 1. The van der Waals surface area contributed by atoms with Crippen molar-refractivity contribution in [1.29, 1.82) is 0 Å². The molecule has 1 atom stereocenters. The second-order valence-corrected chi connectivity index (χ2v) is 6.19. The van der Waals surface area contributed by atoms with Crippen molar-refractivity contribution in [2.24, 2.45) is 0 Å². The van der Waals surface area contributed by atoms with Crippen molar-refractivity contribution in [2.75, 3.05) is 13.1 Å². The van der Waals surface area contributed by atoms with Crippen molar-refractivity contribution in [3.8, 4) is 0 Å². The smallest absolute Gasteiger partial charge is 0.199 e. The quantitative estimate of drug-likeness (QED) is 0.907. The molecule has 1 heterocycles. The number of fused-ring (bicyclic) bond motifs is 1. The van der Waals surface area contributed by atoms with E-state index in [-0.39, 0.29) is 5.41 Å². The monoisotopic (exact) mass is 260 g/mol. The highest BCUT2D eigenvalue weighted by Gasteiger charge is 2.17. The summed E-state index contributed by atoms with van der Waals surface area (Å²) >= 11 is 0. The second kappa shape index (κ2) is 5.33. The van der Waals surface area contributed by atoms with Crippen LogP contribution in [0.1, 0.15) is 52.0 Å². The van der Waals surface area contributed by atoms with Gasteiger partial charge in [-0.2, -0.15) is 0 Å². The lowest BCUT2D eigenvalue weighted by molar-refractivity contribution is 0.470. The number of rotatable bonds is 4. The Morgan fingerprint density at radius 3 is 2.68 bits per heavy atom. The Morgan fingerprint density at radius 2 is 2.05 bits per heavy atom. The van der Waals surface area contributed by atoms with Crippen molar-refractivity contribution in [3.05, 3.63) is 29.7 Å². The fourth-order valence-corrected chi connectivity index (χ4v) is 2.07. The lowest BCUT2D eigenvalue weighted by Crippen LogP contribution is -2.19. The first-order valence-corrected chi connectivity index (χ1v) is 7.03. The summed E-state index contributed by atoms with van der Waals surface area (Å²) in [4.78, 5) is 4.63. The standard InChI is InChI=1S/C16H24N2O/c1-6-17-10-11(2)15-18-13-9-12(16(3,4)5)7-8-14(13)19-15/h7-9,11,17H,6,10H2,1-5H3. The normalized spacial score (nSPS) is 13.9. The van der Waals surface area contributed by atoms with Crippen LogP contribution in [0.4, 0.5) is 0 Å². The van der Waals surface area contributed by atoms with Crippen LogP contribution in [0, 0.1) is 0 Å². The van der Waals surface area contributed by atoms with Gasteiger partial charge in [-0.25, -0.2) is 4.98 Å². The van der Waals surface area contributed by atoms with Gasteiger partial charge in [-0.05, 0) is 29.7 Å². The zero-order chi connectivity index (χ0) is 14.0. The van der Waals surface area contributed by atoms with Crippen LogP contribution in [-0.2, 0) is 5.41 Å². The van der Waals surface area contributed by atoms with Crippen molar-refractivity contribution in [2.45, 2.75) is 46.0 Å². The van der Waals surface area contributed by atoms with Gasteiger partial charge in [-0.15, -0.1) is 0 Å². The van der Waals surface area contributed by atoms with E-state index in [0.29, 0.717) is 5.92 Å². The van der Waals surface area contributed by atoms with Crippen LogP contribution in [0.3, 0.4) is 0 Å². The number of nitrogens with zero attached hydrogens (tertiary/aromatic N) is 1. The van der Waals surface area contributed by atoms with Crippen molar-refractivity contribution >= 4 is 11.1 Å². The number of nitrogens with one attached hydrogen (secondary N) is 1. The van der Waals surface area contributed by atoms with E-state index in [4.69, 9.17) is 4.42 Å². The minimum Gasteiger partial charge on any atom is -0.440 e. The van der Waals surface area contributed by atoms with E-state index in [1.54, 1.807) is 0 Å². The number of aromatic nitrogens is 1. The molecule has 3 heteroatoms. The van der Waals surface area contributed by atoms with Crippen LogP contribution in [0.15, 0.2) is 22.6 Å². The summed E-state index contributed by atoms with van der Waals surface area (Å²) in [6, 6.07) is 6.31. The number of hydrogen-bond donors (Lipinski definition) is 1. The highest BCUT2D eigenvalue weighted by Crippen LogP contribution is 2.27. The SMILES string of the molecule is CCNCC(C)c1nc2cc(C(C)(C)C)ccc2o1. The molecule has 0 bridgehead atoms. The molecule has 3 nitrogen and oxygen atoms in total. The number of hydrogen-bond acceptors (Lipinski definition) is 3. The molecule has 0 saturated carbocycles. The van der Waals surface area contributed by atoms with Crippen molar-refractivity contribution in [3.63, 3.8) is 0 Å². The van der Waals surface area contributed by atoms with E-state index in [1.165, 1.54) is 5.56 Å². The summed E-state index contributed by atoms with van der Waals surface area (Å²) in [6.07, 6.45) is 0. The molecule has 19 heavy (non-hydrogen) atoms. The van der Waals surface area contributed by atoms with Gasteiger partial charge < -0.3 is 9.73 Å². The molecule has 2 rings (SSSR count). The minimum atomic E-state index is 0.142. The molecule has 1 aromatic heterocycles. The average Bonchev–Trinajstić information content (AvgIpc) is 2.77. The highest BCUT2D eigenvalue weighted by molar-refractivity contribution is 5.73. The van der Waals surface area contributed by atoms with Gasteiger partial charge in [0, 0.05) is 12.5 Å². The van der Waals surface area contributed by atoms with Crippen molar-refractivity contribution in [1.82, 2.24) is 10.3 Å². The molecule has 1 unspecified atom stereocenters. The van der Waals surface area contributed by atoms with E-state index < -0.39 is 0 Å². The van der Waals surface area contributed by atoms with Crippen LogP contribution in [-0.4, -0.2) is 18.1 Å². The Kier molecular flexibility index (Phi) is 3.95. The Labute approximate surface area is 115 Å². The number of oxazole rings is 1. The Hall–Kier alpha value is -1.35. The maximum absolute atomic E-state index is 5.84. The second-order valence-electron chi connectivity index (χ2n) is 6.19. The molecule has 0 aliphatic carbocycles. The molecule has 2 aromatic rings. The Morgan fingerprint density at radius 1 is 1.32 bits per heavy atom. The van der Waals surface area contributed by atoms with Crippen LogP contribution in [0.5, 0.6) is 0 Å². The van der Waals surface area contributed by atoms with E-state index in [1.807, 2.05) is 6.07 Å². The number of likely N-dealkylation sites (N-methyl/N-ethyl adjacent to an activating group) is 1. The lowest BCUT2D eigenvalue weighted by atomic mass is 9.87. The molecule has 1 N–H and O–H groups in total. The third kappa shape index (κ3) is 3.16. The van der Waals surface area contributed by atoms with Crippen LogP contribution in [0.25, 0.3) is 11.1 Å². The fourth-order valence-electron chi connectivity index (χ4n) is 2.07. The van der Waals surface area contributed by atoms with Gasteiger partial charge in [0.25, 0.3) is 0 Å². The van der Waals surface area contributed by atoms with E-state index in [0.717, 1.165) is 30.1 Å². The van der Waals surface area contributed by atoms with E-state index in [9.17, 15) is 0 Å². The summed E-state index contributed by atoms with van der Waals surface area (Å²) < 4.78 is 5.84. The van der Waals surface area contributed by atoms with Gasteiger partial charge in [0.1, 0.15) is 5.52 Å². The largest absolute Gasteiger partial charge is 0.440 e. The average molecular weight is 260 g/mol. The minimum absolute atomic E-state index is 0.142. The Balaban J connectivity index is 2.30. The topological polar surface area (TPSA) is 38.1 Å². The van der Waals surface area contributed by atoms with Crippen molar-refractivity contribution < 1.29 is 4.42 Å². The summed E-state index contributed by atoms with van der Waals surface area (Å²) in [5.74, 6) is 1.12.